The van der Waals surface area contributed by atoms with Crippen molar-refractivity contribution >= 4 is 41.2 Å². The van der Waals surface area contributed by atoms with Gasteiger partial charge in [-0.15, -0.1) is 11.8 Å². The van der Waals surface area contributed by atoms with E-state index in [0.29, 0.717) is 23.1 Å². The lowest BCUT2D eigenvalue weighted by Gasteiger charge is -2.12. The Morgan fingerprint density at radius 2 is 1.82 bits per heavy atom. The van der Waals surface area contributed by atoms with Crippen LogP contribution in [0.3, 0.4) is 0 Å². The third kappa shape index (κ3) is 7.79. The van der Waals surface area contributed by atoms with Gasteiger partial charge in [-0.3, -0.25) is 14.9 Å². The van der Waals surface area contributed by atoms with Crippen molar-refractivity contribution in [1.82, 2.24) is 5.43 Å². The van der Waals surface area contributed by atoms with Gasteiger partial charge in [0.1, 0.15) is 6.61 Å². The largest absolute Gasteiger partial charge is 0.490 e. The maximum atomic E-state index is 12.0. The second kappa shape index (κ2) is 12.6. The number of rotatable bonds is 11. The molecule has 1 amide bonds. The van der Waals surface area contributed by atoms with Crippen LogP contribution in [-0.4, -0.2) is 29.4 Å². The van der Waals surface area contributed by atoms with Crippen LogP contribution in [0.1, 0.15) is 18.1 Å². The van der Waals surface area contributed by atoms with Gasteiger partial charge in [-0.2, -0.15) is 5.10 Å². The standard InChI is InChI=1S/C24H22ClN3O5S/c1-2-32-23-13-18(14-26-27-24(29)16-34-21-10-6-19(25)7-11-21)5-12-22(23)33-15-17-3-8-20(9-4-17)28(30)31/h3-14H,2,15-16H2,1H3,(H,27,29)/b26-14-. The molecule has 3 rings (SSSR count). The van der Waals surface area contributed by atoms with Crippen LogP contribution in [0, 0.1) is 10.1 Å². The molecule has 0 bridgehead atoms. The van der Waals surface area contributed by atoms with Crippen molar-refractivity contribution in [3.05, 3.63) is 93.0 Å². The van der Waals surface area contributed by atoms with Gasteiger partial charge >= 0.3 is 0 Å². The van der Waals surface area contributed by atoms with Crippen LogP contribution in [0.5, 0.6) is 11.5 Å². The molecule has 0 saturated carbocycles. The third-order valence-corrected chi connectivity index (χ3v) is 5.66. The molecule has 3 aromatic carbocycles. The Bertz CT molecular complexity index is 1150. The summed E-state index contributed by atoms with van der Waals surface area (Å²) < 4.78 is 11.5. The van der Waals surface area contributed by atoms with E-state index in [1.165, 1.54) is 30.1 Å². The number of nitrogens with one attached hydrogen (secondary N) is 1. The van der Waals surface area contributed by atoms with Crippen LogP contribution >= 0.6 is 23.4 Å². The Morgan fingerprint density at radius 3 is 2.50 bits per heavy atom. The van der Waals surface area contributed by atoms with Gasteiger partial charge in [0, 0.05) is 22.1 Å². The van der Waals surface area contributed by atoms with Gasteiger partial charge < -0.3 is 9.47 Å². The Balaban J connectivity index is 1.54. The molecule has 176 valence electrons. The van der Waals surface area contributed by atoms with E-state index in [9.17, 15) is 14.9 Å². The predicted octanol–water partition coefficient (Wildman–Crippen LogP) is 5.47. The van der Waals surface area contributed by atoms with Gasteiger partial charge in [-0.05, 0) is 72.6 Å². The topological polar surface area (TPSA) is 103 Å². The molecular formula is C24H22ClN3O5S. The van der Waals surface area contributed by atoms with E-state index in [2.05, 4.69) is 10.5 Å². The molecule has 0 aliphatic rings. The highest BCUT2D eigenvalue weighted by Gasteiger charge is 2.09. The lowest BCUT2D eigenvalue weighted by atomic mass is 10.2. The number of ether oxygens (including phenoxy) is 2. The van der Waals surface area contributed by atoms with Crippen molar-refractivity contribution in [2.75, 3.05) is 12.4 Å². The third-order valence-electron chi connectivity index (χ3n) is 4.40. The maximum absolute atomic E-state index is 12.0. The van der Waals surface area contributed by atoms with Crippen LogP contribution in [0.2, 0.25) is 5.02 Å². The summed E-state index contributed by atoms with van der Waals surface area (Å²) in [6.45, 7) is 2.53. The minimum absolute atomic E-state index is 0.0260. The van der Waals surface area contributed by atoms with Crippen LogP contribution in [0.25, 0.3) is 0 Å². The van der Waals surface area contributed by atoms with E-state index < -0.39 is 4.92 Å². The fourth-order valence-electron chi connectivity index (χ4n) is 2.76. The summed E-state index contributed by atoms with van der Waals surface area (Å²) in [7, 11) is 0. The number of benzene rings is 3. The molecule has 0 unspecified atom stereocenters. The van der Waals surface area contributed by atoms with Crippen molar-refractivity contribution in [2.24, 2.45) is 5.10 Å². The fourth-order valence-corrected chi connectivity index (χ4v) is 3.58. The monoisotopic (exact) mass is 499 g/mol. The zero-order chi connectivity index (χ0) is 24.3. The summed E-state index contributed by atoms with van der Waals surface area (Å²) in [5, 5.41) is 15.4. The first-order chi connectivity index (χ1) is 16.4. The molecule has 0 spiro atoms. The molecule has 3 aromatic rings. The Kier molecular flexibility index (Phi) is 9.30. The highest BCUT2D eigenvalue weighted by molar-refractivity contribution is 8.00. The highest BCUT2D eigenvalue weighted by Crippen LogP contribution is 2.29. The molecule has 0 saturated heterocycles. The number of thioether (sulfide) groups is 1. The van der Waals surface area contributed by atoms with Gasteiger partial charge in [-0.25, -0.2) is 5.43 Å². The van der Waals surface area contributed by atoms with E-state index >= 15 is 0 Å². The average molecular weight is 500 g/mol. The maximum Gasteiger partial charge on any atom is 0.269 e. The summed E-state index contributed by atoms with van der Waals surface area (Å²) >= 11 is 7.24. The van der Waals surface area contributed by atoms with Gasteiger partial charge in [0.05, 0.1) is 23.5 Å². The lowest BCUT2D eigenvalue weighted by Crippen LogP contribution is -2.19. The SMILES string of the molecule is CCOc1cc(/C=N\NC(=O)CSc2ccc(Cl)cc2)ccc1OCc1ccc([N+](=O)[O-])cc1. The van der Waals surface area contributed by atoms with Crippen LogP contribution < -0.4 is 14.9 Å². The summed E-state index contributed by atoms with van der Waals surface area (Å²) in [5.74, 6) is 1.04. The van der Waals surface area contributed by atoms with Gasteiger partial charge in [0.25, 0.3) is 5.69 Å². The molecule has 1 N–H and O–H groups in total. The number of hydrazone groups is 1. The highest BCUT2D eigenvalue weighted by atomic mass is 35.5. The van der Waals surface area contributed by atoms with E-state index in [1.807, 2.05) is 19.1 Å². The smallest absolute Gasteiger partial charge is 0.269 e. The Morgan fingerprint density at radius 1 is 1.09 bits per heavy atom. The van der Waals surface area contributed by atoms with Gasteiger partial charge in [0.2, 0.25) is 5.91 Å². The number of carbonyl (C=O) groups excluding carboxylic acids is 1. The van der Waals surface area contributed by atoms with Crippen molar-refractivity contribution in [3.8, 4) is 11.5 Å². The molecule has 0 heterocycles. The van der Waals surface area contributed by atoms with E-state index in [4.69, 9.17) is 21.1 Å². The molecular weight excluding hydrogens is 478 g/mol. The molecule has 34 heavy (non-hydrogen) atoms. The molecule has 0 atom stereocenters. The molecule has 8 nitrogen and oxygen atoms in total. The fraction of sp³-hybridized carbons (Fsp3) is 0.167. The van der Waals surface area contributed by atoms with Crippen LogP contribution in [0.4, 0.5) is 5.69 Å². The average Bonchev–Trinajstić information content (AvgIpc) is 2.83. The predicted molar refractivity (Wildman–Crippen MR) is 133 cm³/mol. The summed E-state index contributed by atoms with van der Waals surface area (Å²) in [6.07, 6.45) is 1.52. The van der Waals surface area contributed by atoms with Gasteiger partial charge in [0.15, 0.2) is 11.5 Å². The van der Waals surface area contributed by atoms with Crippen LogP contribution in [-0.2, 0) is 11.4 Å². The molecule has 0 aliphatic carbocycles. The number of carbonyl (C=O) groups is 1. The van der Waals surface area contributed by atoms with Crippen molar-refractivity contribution in [1.29, 1.82) is 0 Å². The molecule has 0 radical (unpaired) electrons. The molecule has 0 fully saturated rings. The Hall–Kier alpha value is -3.56. The second-order valence-electron chi connectivity index (χ2n) is 6.89. The first kappa shape index (κ1) is 25.1. The Labute approximate surface area is 206 Å². The van der Waals surface area contributed by atoms with Gasteiger partial charge in [-0.1, -0.05) is 11.6 Å². The molecule has 10 heteroatoms. The number of halogens is 1. The summed E-state index contributed by atoms with van der Waals surface area (Å²) in [4.78, 5) is 23.3. The first-order valence-corrected chi connectivity index (χ1v) is 11.6. The second-order valence-corrected chi connectivity index (χ2v) is 8.37. The molecule has 0 aromatic heterocycles. The van der Waals surface area contributed by atoms with E-state index in [1.54, 1.807) is 42.5 Å². The zero-order valence-electron chi connectivity index (χ0n) is 18.3. The van der Waals surface area contributed by atoms with E-state index in [0.717, 1.165) is 16.0 Å². The normalized spacial score (nSPS) is 10.8. The van der Waals surface area contributed by atoms with Crippen LogP contribution in [0.15, 0.2) is 76.7 Å². The number of non-ortho nitro benzene ring substituents is 1. The van der Waals surface area contributed by atoms with E-state index in [-0.39, 0.29) is 24.0 Å². The molecule has 0 aliphatic heterocycles. The zero-order valence-corrected chi connectivity index (χ0v) is 19.8. The number of amides is 1. The van der Waals surface area contributed by atoms with Crippen molar-refractivity contribution in [3.63, 3.8) is 0 Å². The lowest BCUT2D eigenvalue weighted by molar-refractivity contribution is -0.384. The summed E-state index contributed by atoms with van der Waals surface area (Å²) in [6, 6.07) is 18.7. The minimum Gasteiger partial charge on any atom is -0.490 e. The first-order valence-electron chi connectivity index (χ1n) is 10.3. The minimum atomic E-state index is -0.445. The van der Waals surface area contributed by atoms with Crippen molar-refractivity contribution in [2.45, 2.75) is 18.4 Å². The number of nitro benzene ring substituents is 1. The number of nitrogens with zero attached hydrogens (tertiary/aromatic N) is 2. The number of hydrogen-bond donors (Lipinski definition) is 1. The van der Waals surface area contributed by atoms with Crippen molar-refractivity contribution < 1.29 is 19.2 Å². The summed E-state index contributed by atoms with van der Waals surface area (Å²) in [5.41, 5.74) is 4.04. The quantitative estimate of drug-likeness (QED) is 0.162. The number of nitro groups is 1. The number of hydrogen-bond acceptors (Lipinski definition) is 7.